The van der Waals surface area contributed by atoms with Crippen molar-refractivity contribution in [2.24, 2.45) is 0 Å². The minimum absolute atomic E-state index is 0.0105. The summed E-state index contributed by atoms with van der Waals surface area (Å²) in [4.78, 5) is 12.2. The van der Waals surface area contributed by atoms with Gasteiger partial charge >= 0.3 is 5.63 Å². The van der Waals surface area contributed by atoms with Gasteiger partial charge in [0.1, 0.15) is 23.7 Å². The van der Waals surface area contributed by atoms with Crippen LogP contribution in [0, 0.1) is 0 Å². The zero-order valence-electron chi connectivity index (χ0n) is 13.8. The summed E-state index contributed by atoms with van der Waals surface area (Å²) in [5.74, 6) is 0.612. The number of hydrogen-bond acceptors (Lipinski definition) is 5. The van der Waals surface area contributed by atoms with E-state index in [-0.39, 0.29) is 12.4 Å². The fourth-order valence-electron chi connectivity index (χ4n) is 2.90. The lowest BCUT2D eigenvalue weighted by Crippen LogP contribution is -2.00. The summed E-state index contributed by atoms with van der Waals surface area (Å²) in [7, 11) is 0. The largest absolute Gasteiger partial charge is 0.508 e. The van der Waals surface area contributed by atoms with Crippen LogP contribution < -0.4 is 10.4 Å². The first-order chi connectivity index (χ1) is 12.6. The van der Waals surface area contributed by atoms with Crippen molar-refractivity contribution in [3.05, 3.63) is 82.2 Å². The van der Waals surface area contributed by atoms with Crippen LogP contribution in [0.3, 0.4) is 0 Å². The highest BCUT2D eigenvalue weighted by Crippen LogP contribution is 2.28. The molecular formula is C21H16O5. The van der Waals surface area contributed by atoms with Gasteiger partial charge < -0.3 is 19.4 Å². The highest BCUT2D eigenvalue weighted by Gasteiger charge is 2.09. The highest BCUT2D eigenvalue weighted by molar-refractivity contribution is 6.04. The molecule has 4 aromatic rings. The first-order valence-electron chi connectivity index (χ1n) is 8.15. The lowest BCUT2D eigenvalue weighted by molar-refractivity contribution is 0.281. The quantitative estimate of drug-likeness (QED) is 0.434. The molecule has 3 aromatic carbocycles. The van der Waals surface area contributed by atoms with E-state index < -0.39 is 5.63 Å². The average molecular weight is 348 g/mol. The van der Waals surface area contributed by atoms with Gasteiger partial charge in [-0.1, -0.05) is 24.3 Å². The SMILES string of the molecule is O=c1oc2cc(OCc3ccc(CO)cc3)ccc2c2ccc(O)cc12. The molecule has 5 nitrogen and oxygen atoms in total. The molecule has 0 saturated carbocycles. The molecule has 0 radical (unpaired) electrons. The second-order valence-electron chi connectivity index (χ2n) is 6.04. The van der Waals surface area contributed by atoms with Gasteiger partial charge in [-0.25, -0.2) is 4.79 Å². The van der Waals surface area contributed by atoms with E-state index in [1.807, 2.05) is 36.4 Å². The van der Waals surface area contributed by atoms with Crippen LogP contribution in [0.1, 0.15) is 11.1 Å². The van der Waals surface area contributed by atoms with Crippen molar-refractivity contribution in [2.75, 3.05) is 0 Å². The van der Waals surface area contributed by atoms with Crippen LogP contribution in [0.25, 0.3) is 21.7 Å². The van der Waals surface area contributed by atoms with E-state index in [0.717, 1.165) is 21.9 Å². The number of fused-ring (bicyclic) bond motifs is 3. The minimum Gasteiger partial charge on any atom is -0.508 e. The van der Waals surface area contributed by atoms with Crippen LogP contribution in [0.2, 0.25) is 0 Å². The molecule has 0 bridgehead atoms. The number of phenolic OH excluding ortho intramolecular Hbond substituents is 1. The summed E-state index contributed by atoms with van der Waals surface area (Å²) in [5.41, 5.74) is 1.75. The summed E-state index contributed by atoms with van der Waals surface area (Å²) in [6.07, 6.45) is 0. The summed E-state index contributed by atoms with van der Waals surface area (Å²) in [6, 6.07) is 17.5. The number of hydrogen-bond donors (Lipinski definition) is 2. The van der Waals surface area contributed by atoms with Crippen molar-refractivity contribution in [1.29, 1.82) is 0 Å². The van der Waals surface area contributed by atoms with Crippen LogP contribution in [0.4, 0.5) is 0 Å². The zero-order valence-corrected chi connectivity index (χ0v) is 13.8. The Balaban J connectivity index is 1.65. The zero-order chi connectivity index (χ0) is 18.1. The normalized spacial score (nSPS) is 11.1. The summed E-state index contributed by atoms with van der Waals surface area (Å²) in [6.45, 7) is 0.374. The predicted octanol–water partition coefficient (Wildman–Crippen LogP) is 3.72. The lowest BCUT2D eigenvalue weighted by atomic mass is 10.1. The molecule has 4 rings (SSSR count). The van der Waals surface area contributed by atoms with Crippen molar-refractivity contribution in [2.45, 2.75) is 13.2 Å². The fourth-order valence-corrected chi connectivity index (χ4v) is 2.90. The van der Waals surface area contributed by atoms with Crippen molar-refractivity contribution < 1.29 is 19.4 Å². The second kappa shape index (κ2) is 6.54. The maximum Gasteiger partial charge on any atom is 0.344 e. The maximum atomic E-state index is 12.2. The molecule has 26 heavy (non-hydrogen) atoms. The number of aromatic hydroxyl groups is 1. The molecule has 130 valence electrons. The van der Waals surface area contributed by atoms with Gasteiger partial charge in [0.15, 0.2) is 0 Å². The van der Waals surface area contributed by atoms with E-state index in [9.17, 15) is 9.90 Å². The Labute approximate surface area is 148 Å². The molecule has 0 amide bonds. The Kier molecular flexibility index (Phi) is 4.07. The molecule has 0 atom stereocenters. The molecule has 1 heterocycles. The Hall–Kier alpha value is -3.31. The molecule has 2 N–H and O–H groups in total. The van der Waals surface area contributed by atoms with Crippen molar-refractivity contribution in [3.63, 3.8) is 0 Å². The van der Waals surface area contributed by atoms with Gasteiger partial charge in [0.2, 0.25) is 0 Å². The Morgan fingerprint density at radius 1 is 0.846 bits per heavy atom. The number of rotatable bonds is 4. The number of benzene rings is 3. The van der Waals surface area contributed by atoms with Gasteiger partial charge in [-0.2, -0.15) is 0 Å². The van der Waals surface area contributed by atoms with Gasteiger partial charge in [-0.05, 0) is 41.5 Å². The van der Waals surface area contributed by atoms with Gasteiger partial charge in [-0.15, -0.1) is 0 Å². The molecule has 0 saturated heterocycles. The predicted molar refractivity (Wildman–Crippen MR) is 98.4 cm³/mol. The van der Waals surface area contributed by atoms with Gasteiger partial charge in [0, 0.05) is 16.8 Å². The lowest BCUT2D eigenvalue weighted by Gasteiger charge is -2.09. The van der Waals surface area contributed by atoms with Crippen LogP contribution in [0.15, 0.2) is 69.9 Å². The monoisotopic (exact) mass is 348 g/mol. The minimum atomic E-state index is -0.500. The first-order valence-corrected chi connectivity index (χ1v) is 8.15. The smallest absolute Gasteiger partial charge is 0.344 e. The molecule has 5 heteroatoms. The van der Waals surface area contributed by atoms with E-state index >= 15 is 0 Å². The Morgan fingerprint density at radius 3 is 2.35 bits per heavy atom. The third-order valence-electron chi connectivity index (χ3n) is 4.28. The summed E-state index contributed by atoms with van der Waals surface area (Å²) in [5, 5.41) is 20.5. The van der Waals surface area contributed by atoms with Crippen LogP contribution in [-0.2, 0) is 13.2 Å². The van der Waals surface area contributed by atoms with Crippen molar-refractivity contribution in [1.82, 2.24) is 0 Å². The van der Waals surface area contributed by atoms with E-state index in [2.05, 4.69) is 0 Å². The molecular weight excluding hydrogens is 332 g/mol. The third-order valence-corrected chi connectivity index (χ3v) is 4.28. The molecule has 0 aliphatic carbocycles. The second-order valence-corrected chi connectivity index (χ2v) is 6.04. The van der Waals surface area contributed by atoms with Gasteiger partial charge in [-0.3, -0.25) is 0 Å². The molecule has 0 aliphatic rings. The summed E-state index contributed by atoms with van der Waals surface area (Å²) < 4.78 is 11.2. The standard InChI is InChI=1S/C21H16O5/c22-11-13-1-3-14(4-2-13)12-25-16-6-8-18-17-7-5-15(23)9-19(17)21(24)26-20(18)10-16/h1-10,22-23H,11-12H2. The molecule has 0 unspecified atom stereocenters. The first kappa shape index (κ1) is 16.2. The Morgan fingerprint density at radius 2 is 1.58 bits per heavy atom. The van der Waals surface area contributed by atoms with Crippen LogP contribution in [-0.4, -0.2) is 10.2 Å². The number of aliphatic hydroxyl groups excluding tert-OH is 1. The molecule has 0 spiro atoms. The molecule has 0 aliphatic heterocycles. The van der Waals surface area contributed by atoms with Gasteiger partial charge in [0.25, 0.3) is 0 Å². The van der Waals surface area contributed by atoms with E-state index in [4.69, 9.17) is 14.3 Å². The fraction of sp³-hybridized carbons (Fsp3) is 0.0952. The number of ether oxygens (including phenoxy) is 1. The summed E-state index contributed by atoms with van der Waals surface area (Å²) >= 11 is 0. The molecule has 1 aromatic heterocycles. The number of phenols is 1. The Bertz CT molecular complexity index is 1140. The van der Waals surface area contributed by atoms with Crippen molar-refractivity contribution >= 4 is 21.7 Å². The maximum absolute atomic E-state index is 12.2. The van der Waals surface area contributed by atoms with Crippen molar-refractivity contribution in [3.8, 4) is 11.5 Å². The van der Waals surface area contributed by atoms with Crippen LogP contribution >= 0.6 is 0 Å². The van der Waals surface area contributed by atoms with E-state index in [1.165, 1.54) is 6.07 Å². The molecule has 0 fully saturated rings. The number of aliphatic hydroxyl groups is 1. The van der Waals surface area contributed by atoms with Crippen LogP contribution in [0.5, 0.6) is 11.5 Å². The van der Waals surface area contributed by atoms with Gasteiger partial charge in [0.05, 0.1) is 12.0 Å². The third kappa shape index (κ3) is 3.00. The van der Waals surface area contributed by atoms with E-state index in [1.54, 1.807) is 18.2 Å². The highest BCUT2D eigenvalue weighted by atomic mass is 16.5. The average Bonchev–Trinajstić information content (AvgIpc) is 2.67. The topological polar surface area (TPSA) is 79.9 Å². The van der Waals surface area contributed by atoms with E-state index in [0.29, 0.717) is 23.3 Å².